The molecule has 0 aromatic heterocycles. The predicted octanol–water partition coefficient (Wildman–Crippen LogP) is 18.0. The lowest BCUT2D eigenvalue weighted by atomic mass is 9.70. The number of fused-ring (bicyclic) bond motifs is 3. The first kappa shape index (κ1) is 42.8. The third-order valence-electron chi connectivity index (χ3n) is 12.9. The molecule has 0 heterocycles. The molecule has 6 aromatic rings. The molecule has 0 spiro atoms. The maximum Gasteiger partial charge on any atom is 0.0467 e. The van der Waals surface area contributed by atoms with Gasteiger partial charge in [-0.15, -0.1) is 0 Å². The summed E-state index contributed by atoms with van der Waals surface area (Å²) >= 11 is 0. The zero-order valence-electron chi connectivity index (χ0n) is 37.3. The molecule has 0 N–H and O–H groups in total. The second kappa shape index (κ2) is 20.3. The normalized spacial score (nSPS) is 12.6. The van der Waals surface area contributed by atoms with Crippen LogP contribution in [0.5, 0.6) is 0 Å². The number of aryl methyl sites for hydroxylation is 3. The Morgan fingerprint density at radius 1 is 0.417 bits per heavy atom. The predicted molar refractivity (Wildman–Crippen MR) is 262 cm³/mol. The molecular formula is C58H68N2. The second-order valence-electron chi connectivity index (χ2n) is 17.6. The van der Waals surface area contributed by atoms with Gasteiger partial charge in [0, 0.05) is 39.5 Å². The number of anilines is 6. The van der Waals surface area contributed by atoms with E-state index in [-0.39, 0.29) is 5.41 Å². The van der Waals surface area contributed by atoms with E-state index in [2.05, 4.69) is 184 Å². The zero-order chi connectivity index (χ0) is 41.9. The van der Waals surface area contributed by atoms with Crippen LogP contribution in [0.2, 0.25) is 0 Å². The molecule has 6 aromatic carbocycles. The molecule has 7 rings (SSSR count). The van der Waals surface area contributed by atoms with Gasteiger partial charge >= 0.3 is 0 Å². The van der Waals surface area contributed by atoms with E-state index in [4.69, 9.17) is 0 Å². The monoisotopic (exact) mass is 793 g/mol. The Labute approximate surface area is 363 Å². The van der Waals surface area contributed by atoms with Gasteiger partial charge in [0.25, 0.3) is 0 Å². The fourth-order valence-corrected chi connectivity index (χ4v) is 9.81. The minimum atomic E-state index is -0.0989. The Balaban J connectivity index is 1.41. The molecule has 0 radical (unpaired) electrons. The minimum Gasteiger partial charge on any atom is -0.310 e. The molecule has 0 saturated heterocycles. The molecule has 0 amide bonds. The van der Waals surface area contributed by atoms with Gasteiger partial charge in [-0.2, -0.15) is 0 Å². The van der Waals surface area contributed by atoms with E-state index in [1.54, 1.807) is 0 Å². The maximum atomic E-state index is 4.13. The van der Waals surface area contributed by atoms with Gasteiger partial charge in [0.05, 0.1) is 0 Å². The topological polar surface area (TPSA) is 6.48 Å². The highest BCUT2D eigenvalue weighted by Crippen LogP contribution is 2.57. The van der Waals surface area contributed by atoms with Crippen LogP contribution in [0, 0.1) is 20.8 Å². The highest BCUT2D eigenvalue weighted by Gasteiger charge is 2.43. The van der Waals surface area contributed by atoms with Crippen LogP contribution in [0.25, 0.3) is 17.2 Å². The third kappa shape index (κ3) is 9.65. The number of benzene rings is 6. The number of nitrogens with zero attached hydrogens (tertiary/aromatic N) is 2. The van der Waals surface area contributed by atoms with Crippen LogP contribution in [0.1, 0.15) is 137 Å². The maximum absolute atomic E-state index is 4.13. The zero-order valence-corrected chi connectivity index (χ0v) is 37.3. The quantitative estimate of drug-likeness (QED) is 0.0670. The summed E-state index contributed by atoms with van der Waals surface area (Å²) in [6.45, 7) is 15.4. The summed E-state index contributed by atoms with van der Waals surface area (Å²) in [4.78, 5) is 4.95. The largest absolute Gasteiger partial charge is 0.310 e. The van der Waals surface area contributed by atoms with Gasteiger partial charge in [0.1, 0.15) is 0 Å². The van der Waals surface area contributed by atoms with Crippen molar-refractivity contribution in [3.05, 3.63) is 173 Å². The molecule has 60 heavy (non-hydrogen) atoms. The van der Waals surface area contributed by atoms with Crippen molar-refractivity contribution in [3.8, 4) is 11.1 Å². The van der Waals surface area contributed by atoms with Crippen LogP contribution in [0.3, 0.4) is 0 Å². The van der Waals surface area contributed by atoms with E-state index < -0.39 is 0 Å². The van der Waals surface area contributed by atoms with Crippen LogP contribution >= 0.6 is 0 Å². The summed E-state index contributed by atoms with van der Waals surface area (Å²) in [5.74, 6) is 0. The van der Waals surface area contributed by atoms with Gasteiger partial charge in [0.2, 0.25) is 0 Å². The molecule has 1 aliphatic rings. The molecule has 2 nitrogen and oxygen atoms in total. The molecule has 2 heteroatoms. The van der Waals surface area contributed by atoms with E-state index in [0.29, 0.717) is 0 Å². The summed E-state index contributed by atoms with van der Waals surface area (Å²) in [7, 11) is 0. The first-order chi connectivity index (χ1) is 29.3. The van der Waals surface area contributed by atoms with Crippen LogP contribution in [0.4, 0.5) is 34.1 Å². The number of hydrogen-bond donors (Lipinski definition) is 0. The van der Waals surface area contributed by atoms with Gasteiger partial charge in [0.15, 0.2) is 0 Å². The van der Waals surface area contributed by atoms with E-state index in [9.17, 15) is 0 Å². The summed E-state index contributed by atoms with van der Waals surface area (Å²) < 4.78 is 0. The second-order valence-corrected chi connectivity index (χ2v) is 17.6. The molecule has 0 saturated carbocycles. The molecule has 1 aliphatic carbocycles. The lowest BCUT2D eigenvalue weighted by Crippen LogP contribution is -2.26. The van der Waals surface area contributed by atoms with Crippen molar-refractivity contribution in [1.29, 1.82) is 0 Å². The van der Waals surface area contributed by atoms with Crippen molar-refractivity contribution in [2.75, 3.05) is 9.80 Å². The Kier molecular flexibility index (Phi) is 14.5. The van der Waals surface area contributed by atoms with E-state index in [1.807, 2.05) is 6.08 Å². The summed E-state index contributed by atoms with van der Waals surface area (Å²) in [5.41, 5.74) is 17.8. The molecule has 310 valence electrons. The lowest BCUT2D eigenvalue weighted by molar-refractivity contribution is 0.398. The standard InChI is InChI=1S/C58H68N2/c1-7-10-12-14-16-18-36-58(37-19-17-15-13-11-8-2)56-42-52(59(48-28-20-24-44(4)38-48)49-29-21-25-45(5)39-49)32-34-54(56)55-35-33-53(43-57(55)58)60(50-30-22-26-46(6)40-50)51-31-23-27-47(9-3)41-51/h9,20-35,38-43H,3,7-8,10-19,36-37H2,1-2,4-6H3. The summed E-state index contributed by atoms with van der Waals surface area (Å²) in [6, 6.07) is 50.6. The van der Waals surface area contributed by atoms with E-state index in [1.165, 1.54) is 144 Å². The highest BCUT2D eigenvalue weighted by molar-refractivity contribution is 5.89. The van der Waals surface area contributed by atoms with Gasteiger partial charge in [-0.1, -0.05) is 164 Å². The van der Waals surface area contributed by atoms with Crippen molar-refractivity contribution < 1.29 is 0 Å². The number of hydrogen-bond acceptors (Lipinski definition) is 2. The van der Waals surface area contributed by atoms with Crippen molar-refractivity contribution in [3.63, 3.8) is 0 Å². The van der Waals surface area contributed by atoms with E-state index in [0.717, 1.165) is 24.1 Å². The molecule has 0 fully saturated rings. The smallest absolute Gasteiger partial charge is 0.0467 e. The minimum absolute atomic E-state index is 0.0989. The lowest BCUT2D eigenvalue weighted by Gasteiger charge is -2.35. The van der Waals surface area contributed by atoms with Crippen LogP contribution in [-0.4, -0.2) is 0 Å². The fourth-order valence-electron chi connectivity index (χ4n) is 9.81. The SMILES string of the molecule is C=Cc1cccc(N(c2cccc(C)c2)c2ccc3c(c2)C(CCCCCCCC)(CCCCCCCC)c2cc(N(c4cccc(C)c4)c4cccc(C)c4)ccc2-3)c1. The molecular weight excluding hydrogens is 725 g/mol. The summed E-state index contributed by atoms with van der Waals surface area (Å²) in [6.07, 6.45) is 19.8. The van der Waals surface area contributed by atoms with Crippen molar-refractivity contribution in [2.24, 2.45) is 0 Å². The Morgan fingerprint density at radius 3 is 1.18 bits per heavy atom. The van der Waals surface area contributed by atoms with Gasteiger partial charge < -0.3 is 9.80 Å². The van der Waals surface area contributed by atoms with Gasteiger partial charge in [-0.05, 0) is 151 Å². The van der Waals surface area contributed by atoms with Crippen molar-refractivity contribution in [1.82, 2.24) is 0 Å². The highest BCUT2D eigenvalue weighted by atomic mass is 15.1. The molecule has 0 aliphatic heterocycles. The first-order valence-corrected chi connectivity index (χ1v) is 23.2. The third-order valence-corrected chi connectivity index (χ3v) is 12.9. The fraction of sp³-hybridized carbons (Fsp3) is 0.345. The Morgan fingerprint density at radius 2 is 0.783 bits per heavy atom. The number of unbranched alkanes of at least 4 members (excludes halogenated alkanes) is 10. The summed E-state index contributed by atoms with van der Waals surface area (Å²) in [5, 5.41) is 0. The van der Waals surface area contributed by atoms with Gasteiger partial charge in [-0.25, -0.2) is 0 Å². The van der Waals surface area contributed by atoms with Crippen molar-refractivity contribution in [2.45, 2.75) is 130 Å². The van der Waals surface area contributed by atoms with Crippen LogP contribution in [-0.2, 0) is 5.41 Å². The van der Waals surface area contributed by atoms with E-state index >= 15 is 0 Å². The average molecular weight is 793 g/mol. The van der Waals surface area contributed by atoms with Crippen molar-refractivity contribution >= 4 is 40.2 Å². The Hall–Kier alpha value is -5.34. The van der Waals surface area contributed by atoms with Crippen LogP contribution < -0.4 is 9.80 Å². The average Bonchev–Trinajstić information content (AvgIpc) is 3.52. The van der Waals surface area contributed by atoms with Crippen LogP contribution in [0.15, 0.2) is 140 Å². The van der Waals surface area contributed by atoms with Gasteiger partial charge in [-0.3, -0.25) is 0 Å². The molecule has 0 atom stereocenters. The number of rotatable bonds is 21. The Bertz CT molecular complexity index is 2290. The molecule has 0 bridgehead atoms. The molecule has 0 unspecified atom stereocenters. The first-order valence-electron chi connectivity index (χ1n) is 23.2.